The maximum Gasteiger partial charge on any atom is 0.238 e. The normalized spacial score (nSPS) is 14.7. The number of ether oxygens (including phenoxy) is 2. The van der Waals surface area contributed by atoms with Gasteiger partial charge in [-0.25, -0.2) is 13.6 Å². The summed E-state index contributed by atoms with van der Waals surface area (Å²) in [4.78, 5) is 19.1. The van der Waals surface area contributed by atoms with Gasteiger partial charge in [-0.1, -0.05) is 12.1 Å². The van der Waals surface area contributed by atoms with Gasteiger partial charge in [0, 0.05) is 23.2 Å². The number of carbonyl (C=O) groups is 1. The molecule has 0 saturated heterocycles. The van der Waals surface area contributed by atoms with Crippen LogP contribution in [0.15, 0.2) is 47.5 Å². The highest BCUT2D eigenvalue weighted by Crippen LogP contribution is 2.43. The molecule has 1 aromatic heterocycles. The first-order valence-electron chi connectivity index (χ1n) is 9.23. The summed E-state index contributed by atoms with van der Waals surface area (Å²) >= 11 is 0. The van der Waals surface area contributed by atoms with Crippen LogP contribution in [0, 0.1) is 0 Å². The van der Waals surface area contributed by atoms with Crippen LogP contribution < -0.4 is 19.5 Å². The van der Waals surface area contributed by atoms with Crippen LogP contribution in [-0.4, -0.2) is 33.5 Å². The van der Waals surface area contributed by atoms with Gasteiger partial charge in [-0.05, 0) is 30.7 Å². The molecule has 156 valence electrons. The number of amides is 1. The van der Waals surface area contributed by atoms with E-state index >= 15 is 0 Å². The first-order chi connectivity index (χ1) is 14.2. The number of carbonyl (C=O) groups excluding carboxylic acids is 1. The Morgan fingerprint density at radius 3 is 2.33 bits per heavy atom. The van der Waals surface area contributed by atoms with Gasteiger partial charge in [-0.15, -0.1) is 0 Å². The van der Waals surface area contributed by atoms with Crippen molar-refractivity contribution in [2.45, 2.75) is 24.3 Å². The summed E-state index contributed by atoms with van der Waals surface area (Å²) in [6.45, 7) is 1.89. The summed E-state index contributed by atoms with van der Waals surface area (Å²) in [6.07, 6.45) is 1.95. The molecule has 0 fully saturated rings. The summed E-state index contributed by atoms with van der Waals surface area (Å²) in [5.41, 5.74) is 3.07. The Morgan fingerprint density at radius 2 is 1.73 bits per heavy atom. The molecule has 4 rings (SSSR count). The smallest absolute Gasteiger partial charge is 0.238 e. The molecule has 1 aliphatic heterocycles. The van der Waals surface area contributed by atoms with Gasteiger partial charge >= 0.3 is 0 Å². The molecule has 3 aromatic rings. The predicted molar refractivity (Wildman–Crippen MR) is 112 cm³/mol. The second kappa shape index (κ2) is 7.26. The van der Waals surface area contributed by atoms with Gasteiger partial charge in [0.25, 0.3) is 0 Å². The van der Waals surface area contributed by atoms with E-state index in [2.05, 4.69) is 4.98 Å². The van der Waals surface area contributed by atoms with Gasteiger partial charge < -0.3 is 14.4 Å². The molecule has 2 aromatic carbocycles. The lowest BCUT2D eigenvalue weighted by molar-refractivity contribution is -0.117. The number of pyridine rings is 1. The molecular formula is C21H21N3O5S. The van der Waals surface area contributed by atoms with E-state index in [1.54, 1.807) is 43.5 Å². The van der Waals surface area contributed by atoms with Crippen LogP contribution in [0.5, 0.6) is 11.5 Å². The van der Waals surface area contributed by atoms with Crippen molar-refractivity contribution in [2.75, 3.05) is 19.1 Å². The van der Waals surface area contributed by atoms with Gasteiger partial charge in [0.2, 0.25) is 15.9 Å². The lowest BCUT2D eigenvalue weighted by atomic mass is 10.0. The Morgan fingerprint density at radius 1 is 1.10 bits per heavy atom. The van der Waals surface area contributed by atoms with Gasteiger partial charge in [0.05, 0.1) is 42.8 Å². The fourth-order valence-corrected chi connectivity index (χ4v) is 4.34. The number of rotatable bonds is 5. The molecule has 8 nitrogen and oxygen atoms in total. The highest BCUT2D eigenvalue weighted by molar-refractivity contribution is 7.89. The van der Waals surface area contributed by atoms with E-state index in [1.165, 1.54) is 12.1 Å². The zero-order chi connectivity index (χ0) is 21.6. The number of methoxy groups -OCH3 is 2. The third-order valence-corrected chi connectivity index (χ3v) is 6.28. The summed E-state index contributed by atoms with van der Waals surface area (Å²) in [7, 11) is -0.671. The van der Waals surface area contributed by atoms with Crippen molar-refractivity contribution < 1.29 is 22.7 Å². The molecule has 9 heteroatoms. The maximum atomic E-state index is 12.9. The number of fused-ring (bicyclic) bond motifs is 3. The van der Waals surface area contributed by atoms with Crippen LogP contribution >= 0.6 is 0 Å². The minimum Gasteiger partial charge on any atom is -0.493 e. The van der Waals surface area contributed by atoms with Crippen molar-refractivity contribution in [3.63, 3.8) is 0 Å². The van der Waals surface area contributed by atoms with Crippen LogP contribution in [-0.2, 0) is 21.2 Å². The minimum absolute atomic E-state index is 0.0260. The van der Waals surface area contributed by atoms with E-state index in [0.29, 0.717) is 17.0 Å². The number of hydrogen-bond acceptors (Lipinski definition) is 6. The second-order valence-electron chi connectivity index (χ2n) is 7.09. The quantitative estimate of drug-likeness (QED) is 0.670. The van der Waals surface area contributed by atoms with Crippen molar-refractivity contribution in [1.29, 1.82) is 0 Å². The molecule has 0 unspecified atom stereocenters. The number of primary sulfonamides is 1. The summed E-state index contributed by atoms with van der Waals surface area (Å²) in [5.74, 6) is 1.04. The molecule has 0 saturated carbocycles. The average Bonchev–Trinajstić information content (AvgIpc) is 3.07. The van der Waals surface area contributed by atoms with Crippen LogP contribution in [0.25, 0.3) is 10.9 Å². The highest BCUT2D eigenvalue weighted by atomic mass is 32.2. The molecular weight excluding hydrogens is 406 g/mol. The van der Waals surface area contributed by atoms with Crippen molar-refractivity contribution >= 4 is 32.5 Å². The first kappa shape index (κ1) is 20.1. The number of nitrogens with zero attached hydrogens (tertiary/aromatic N) is 2. The van der Waals surface area contributed by atoms with E-state index in [9.17, 15) is 13.2 Å². The number of nitrogens with two attached hydrogens (primary N) is 1. The number of benzene rings is 2. The third kappa shape index (κ3) is 3.25. The molecule has 30 heavy (non-hydrogen) atoms. The van der Waals surface area contributed by atoms with Gasteiger partial charge in [-0.3, -0.25) is 9.78 Å². The summed E-state index contributed by atoms with van der Waals surface area (Å²) in [6, 6.07) is 9.50. The molecule has 2 heterocycles. The Hall–Kier alpha value is -3.17. The monoisotopic (exact) mass is 427 g/mol. The van der Waals surface area contributed by atoms with Crippen LogP contribution in [0.2, 0.25) is 0 Å². The zero-order valence-electron chi connectivity index (χ0n) is 16.7. The summed E-state index contributed by atoms with van der Waals surface area (Å²) in [5, 5.41) is 5.96. The van der Waals surface area contributed by atoms with E-state index in [4.69, 9.17) is 14.6 Å². The van der Waals surface area contributed by atoms with Gasteiger partial charge in [0.1, 0.15) is 0 Å². The minimum atomic E-state index is -3.78. The standard InChI is InChI=1S/C21H21N3O5S/c1-12(13-4-6-15(7-5-13)30(22,26)27)24-20(25)8-14-11-23-17-10-19(29-3)18(28-2)9-16(17)21(14)24/h4-7,9-12H,8H2,1-3H3,(H2,22,26,27)/t12-/m0/s1. The third-order valence-electron chi connectivity index (χ3n) is 5.35. The van der Waals surface area contributed by atoms with E-state index < -0.39 is 10.0 Å². The van der Waals surface area contributed by atoms with E-state index in [1.807, 2.05) is 13.0 Å². The average molecular weight is 427 g/mol. The number of hydrogen-bond donors (Lipinski definition) is 1. The van der Waals surface area contributed by atoms with E-state index in [-0.39, 0.29) is 23.3 Å². The van der Waals surface area contributed by atoms with Crippen LogP contribution in [0.3, 0.4) is 0 Å². The lowest BCUT2D eigenvalue weighted by Gasteiger charge is -2.27. The molecule has 0 bridgehead atoms. The SMILES string of the molecule is COc1cc2ncc3c(c2cc1OC)N([C@@H](C)c1ccc(S(N)(=O)=O)cc1)C(=O)C3. The zero-order valence-corrected chi connectivity index (χ0v) is 17.6. The summed E-state index contributed by atoms with van der Waals surface area (Å²) < 4.78 is 33.9. The second-order valence-corrected chi connectivity index (χ2v) is 8.65. The number of anilines is 1. The van der Waals surface area contributed by atoms with Crippen molar-refractivity contribution in [3.8, 4) is 11.5 Å². The van der Waals surface area contributed by atoms with Crippen molar-refractivity contribution in [3.05, 3.63) is 53.7 Å². The first-order valence-corrected chi connectivity index (χ1v) is 10.8. The van der Waals surface area contributed by atoms with E-state index in [0.717, 1.165) is 22.2 Å². The molecule has 1 amide bonds. The molecule has 0 aliphatic carbocycles. The molecule has 0 spiro atoms. The Balaban J connectivity index is 1.83. The maximum absolute atomic E-state index is 12.9. The van der Waals surface area contributed by atoms with Crippen LogP contribution in [0.1, 0.15) is 24.1 Å². The molecule has 0 radical (unpaired) electrons. The van der Waals surface area contributed by atoms with Crippen molar-refractivity contribution in [2.24, 2.45) is 5.14 Å². The Kier molecular flexibility index (Phi) is 4.87. The molecule has 2 N–H and O–H groups in total. The van der Waals surface area contributed by atoms with Gasteiger partial charge in [0.15, 0.2) is 11.5 Å². The highest BCUT2D eigenvalue weighted by Gasteiger charge is 2.34. The predicted octanol–water partition coefficient (Wildman–Crippen LogP) is 2.55. The van der Waals surface area contributed by atoms with Crippen molar-refractivity contribution in [1.82, 2.24) is 4.98 Å². The molecule has 1 atom stereocenters. The van der Waals surface area contributed by atoms with Gasteiger partial charge in [-0.2, -0.15) is 0 Å². The Labute approximate surface area is 174 Å². The topological polar surface area (TPSA) is 112 Å². The fourth-order valence-electron chi connectivity index (χ4n) is 3.83. The number of sulfonamides is 1. The number of aromatic nitrogens is 1. The fraction of sp³-hybridized carbons (Fsp3) is 0.238. The molecule has 1 aliphatic rings. The van der Waals surface area contributed by atoms with Crippen LogP contribution in [0.4, 0.5) is 5.69 Å². The lowest BCUT2D eigenvalue weighted by Crippen LogP contribution is -2.30. The largest absolute Gasteiger partial charge is 0.493 e. The Bertz CT molecular complexity index is 1260.